The first-order valence-corrected chi connectivity index (χ1v) is 15.5. The Kier molecular flexibility index (Phi) is 22.2. The van der Waals surface area contributed by atoms with Crippen LogP contribution in [-0.4, -0.2) is 73.7 Å². The van der Waals surface area contributed by atoms with E-state index in [0.717, 1.165) is 49.2 Å². The van der Waals surface area contributed by atoms with Crippen molar-refractivity contribution in [3.05, 3.63) is 71.9 Å². The van der Waals surface area contributed by atoms with Gasteiger partial charge in [-0.3, -0.25) is 0 Å². The highest BCUT2D eigenvalue weighted by molar-refractivity contribution is 7.80. The Labute approximate surface area is 260 Å². The van der Waals surface area contributed by atoms with E-state index in [4.69, 9.17) is 21.7 Å². The van der Waals surface area contributed by atoms with Crippen LogP contribution in [0.4, 0.5) is 5.69 Å². The van der Waals surface area contributed by atoms with Crippen LogP contribution in [0.2, 0.25) is 0 Å². The summed E-state index contributed by atoms with van der Waals surface area (Å²) in [7, 11) is 0. The van der Waals surface area contributed by atoms with E-state index in [2.05, 4.69) is 56.4 Å². The summed E-state index contributed by atoms with van der Waals surface area (Å²) in [5.74, 6) is -0.353. The lowest BCUT2D eigenvalue weighted by Gasteiger charge is -2.22. The molecule has 3 N–H and O–H groups in total. The maximum absolute atomic E-state index is 12.2. The lowest BCUT2D eigenvalue weighted by atomic mass is 9.89. The standard InChI is InChI=1S/C32H49N3O4S.C2H6/c1-8-11-13-27(25(6)7)28(12-9-2)29-15-14-26(22-30(29)31(36)37)34-32(40)33-16-18-38-20-21-39-19-17-35(10-3)23-24(4)5;1-2/h8,11,13-15,22,24H,1,6,9-10,12,16-21,23H2,2-5,7H3,(H,36,37)(H2,33,34,40);1-2H3/b13-11-,28-27+;. The smallest absolute Gasteiger partial charge is 0.336 e. The van der Waals surface area contributed by atoms with E-state index in [1.165, 1.54) is 0 Å². The number of benzene rings is 1. The normalized spacial score (nSPS) is 11.6. The SMILES string of the molecule is C=C/C=C\C(C(=C)C)=C(\CCC)c1ccc(NC(=S)NCCOCCOCCN(CC)CC(C)C)cc1C(=O)O.CC. The molecule has 0 unspecified atom stereocenters. The minimum atomic E-state index is -1.00. The number of aromatic carboxylic acids is 1. The number of nitrogens with one attached hydrogen (secondary N) is 2. The predicted molar refractivity (Wildman–Crippen MR) is 184 cm³/mol. The molecule has 42 heavy (non-hydrogen) atoms. The summed E-state index contributed by atoms with van der Waals surface area (Å²) in [6.07, 6.45) is 7.05. The first-order chi connectivity index (χ1) is 20.1. The molecule has 0 saturated carbocycles. The van der Waals surface area contributed by atoms with Gasteiger partial charge in [-0.05, 0) is 66.9 Å². The highest BCUT2D eigenvalue weighted by Gasteiger charge is 2.17. The lowest BCUT2D eigenvalue weighted by Crippen LogP contribution is -2.32. The maximum Gasteiger partial charge on any atom is 0.336 e. The summed E-state index contributed by atoms with van der Waals surface area (Å²) >= 11 is 5.40. The van der Waals surface area contributed by atoms with Gasteiger partial charge in [0.1, 0.15) is 0 Å². The van der Waals surface area contributed by atoms with Crippen LogP contribution in [0.15, 0.2) is 60.7 Å². The number of hydrogen-bond donors (Lipinski definition) is 3. The molecule has 0 radical (unpaired) electrons. The van der Waals surface area contributed by atoms with Gasteiger partial charge >= 0.3 is 5.97 Å². The topological polar surface area (TPSA) is 83.1 Å². The average molecular weight is 602 g/mol. The number of carboxylic acid groups (broad SMARTS) is 1. The highest BCUT2D eigenvalue weighted by atomic mass is 32.1. The Morgan fingerprint density at radius 2 is 1.79 bits per heavy atom. The van der Waals surface area contributed by atoms with Crippen molar-refractivity contribution in [2.45, 2.75) is 61.3 Å². The molecule has 1 rings (SSSR count). The number of anilines is 1. The second-order valence-electron chi connectivity index (χ2n) is 9.98. The number of carboxylic acids is 1. The number of ether oxygens (including phenoxy) is 2. The summed E-state index contributed by atoms with van der Waals surface area (Å²) < 4.78 is 11.3. The minimum Gasteiger partial charge on any atom is -0.478 e. The molecule has 236 valence electrons. The molecule has 0 atom stereocenters. The number of likely N-dealkylation sites (N-methyl/N-ethyl adjacent to an activating group) is 1. The Morgan fingerprint density at radius 1 is 1.12 bits per heavy atom. The van der Waals surface area contributed by atoms with E-state index < -0.39 is 5.97 Å². The maximum atomic E-state index is 12.2. The summed E-state index contributed by atoms with van der Waals surface area (Å²) in [5.41, 5.74) is 4.20. The molecule has 0 aliphatic carbocycles. The van der Waals surface area contributed by atoms with Crippen LogP contribution in [0.5, 0.6) is 0 Å². The summed E-state index contributed by atoms with van der Waals surface area (Å²) in [6.45, 7) is 28.3. The molecule has 0 aliphatic rings. The Hall–Kier alpha value is -2.78. The molecule has 0 aromatic heterocycles. The monoisotopic (exact) mass is 601 g/mol. The molecule has 1 aromatic carbocycles. The Bertz CT molecular complexity index is 1030. The number of carbonyl (C=O) groups is 1. The van der Waals surface area contributed by atoms with E-state index in [1.54, 1.807) is 12.1 Å². The van der Waals surface area contributed by atoms with Gasteiger partial charge < -0.3 is 30.1 Å². The van der Waals surface area contributed by atoms with Crippen LogP contribution in [0.1, 0.15) is 77.2 Å². The van der Waals surface area contributed by atoms with Gasteiger partial charge in [0.15, 0.2) is 5.11 Å². The molecule has 0 spiro atoms. The van der Waals surface area contributed by atoms with Gasteiger partial charge in [-0.25, -0.2) is 4.79 Å². The summed E-state index contributed by atoms with van der Waals surface area (Å²) in [4.78, 5) is 14.6. The van der Waals surface area contributed by atoms with Gasteiger partial charge in [0, 0.05) is 25.3 Å². The molecule has 7 nitrogen and oxygen atoms in total. The van der Waals surface area contributed by atoms with E-state index in [0.29, 0.717) is 55.3 Å². The molecule has 0 fully saturated rings. The van der Waals surface area contributed by atoms with Gasteiger partial charge in [0.25, 0.3) is 0 Å². The predicted octanol–water partition coefficient (Wildman–Crippen LogP) is 7.58. The molecular formula is C34H55N3O4S. The van der Waals surface area contributed by atoms with E-state index >= 15 is 0 Å². The third-order valence-corrected chi connectivity index (χ3v) is 6.29. The van der Waals surface area contributed by atoms with Gasteiger partial charge in [0.2, 0.25) is 0 Å². The van der Waals surface area contributed by atoms with Crippen LogP contribution < -0.4 is 10.6 Å². The third kappa shape index (κ3) is 16.0. The summed E-state index contributed by atoms with van der Waals surface area (Å²) in [5, 5.41) is 16.6. The second-order valence-corrected chi connectivity index (χ2v) is 10.4. The molecular weight excluding hydrogens is 546 g/mol. The van der Waals surface area contributed by atoms with Crippen molar-refractivity contribution in [3.63, 3.8) is 0 Å². The number of thiocarbonyl (C=S) groups is 1. The Balaban J connectivity index is 0.00000821. The van der Waals surface area contributed by atoms with E-state index in [9.17, 15) is 9.90 Å². The first-order valence-electron chi connectivity index (χ1n) is 15.1. The second kappa shape index (κ2) is 23.7. The number of rotatable bonds is 20. The molecule has 8 heteroatoms. The van der Waals surface area contributed by atoms with Crippen LogP contribution in [0, 0.1) is 5.92 Å². The number of hydrogen-bond acceptors (Lipinski definition) is 5. The van der Waals surface area contributed by atoms with Crippen molar-refractivity contribution in [2.24, 2.45) is 5.92 Å². The average Bonchev–Trinajstić information content (AvgIpc) is 2.95. The van der Waals surface area contributed by atoms with Crippen molar-refractivity contribution < 1.29 is 19.4 Å². The van der Waals surface area contributed by atoms with Crippen molar-refractivity contribution in [1.82, 2.24) is 10.2 Å². The van der Waals surface area contributed by atoms with Crippen LogP contribution in [0.3, 0.4) is 0 Å². The highest BCUT2D eigenvalue weighted by Crippen LogP contribution is 2.32. The fourth-order valence-corrected chi connectivity index (χ4v) is 4.43. The van der Waals surface area contributed by atoms with E-state index in [1.807, 2.05) is 45.1 Å². The molecule has 0 heterocycles. The van der Waals surface area contributed by atoms with Gasteiger partial charge in [-0.1, -0.05) is 91.0 Å². The Morgan fingerprint density at radius 3 is 2.33 bits per heavy atom. The lowest BCUT2D eigenvalue weighted by molar-refractivity contribution is 0.0397. The number of nitrogens with zero attached hydrogens (tertiary/aromatic N) is 1. The van der Waals surface area contributed by atoms with Crippen LogP contribution in [-0.2, 0) is 9.47 Å². The van der Waals surface area contributed by atoms with Crippen molar-refractivity contribution >= 4 is 34.6 Å². The molecule has 0 saturated heterocycles. The van der Waals surface area contributed by atoms with Crippen molar-refractivity contribution in [2.75, 3.05) is 57.9 Å². The van der Waals surface area contributed by atoms with E-state index in [-0.39, 0.29) is 5.56 Å². The molecule has 0 aliphatic heterocycles. The largest absolute Gasteiger partial charge is 0.478 e. The van der Waals surface area contributed by atoms with Gasteiger partial charge in [-0.15, -0.1) is 0 Å². The third-order valence-electron chi connectivity index (χ3n) is 6.04. The fraction of sp³-hybridized carbons (Fsp3) is 0.529. The van der Waals surface area contributed by atoms with Gasteiger partial charge in [0.05, 0.1) is 32.0 Å². The van der Waals surface area contributed by atoms with Crippen LogP contribution in [0.25, 0.3) is 5.57 Å². The molecule has 0 bridgehead atoms. The summed E-state index contributed by atoms with van der Waals surface area (Å²) in [6, 6.07) is 5.28. The van der Waals surface area contributed by atoms with Crippen molar-refractivity contribution in [1.29, 1.82) is 0 Å². The minimum absolute atomic E-state index is 0.205. The molecule has 0 amide bonds. The zero-order valence-electron chi connectivity index (χ0n) is 27.1. The van der Waals surface area contributed by atoms with Crippen LogP contribution >= 0.6 is 12.2 Å². The van der Waals surface area contributed by atoms with Crippen molar-refractivity contribution in [3.8, 4) is 0 Å². The first kappa shape index (κ1) is 39.2. The quantitative estimate of drug-likeness (QED) is 0.0802. The molecule has 1 aromatic rings. The van der Waals surface area contributed by atoms with Gasteiger partial charge in [-0.2, -0.15) is 0 Å². The fourth-order valence-electron chi connectivity index (χ4n) is 4.21. The number of allylic oxidation sites excluding steroid dienone is 6. The zero-order chi connectivity index (χ0) is 31.9. The zero-order valence-corrected chi connectivity index (χ0v) is 27.9.